The van der Waals surface area contributed by atoms with Crippen molar-refractivity contribution in [3.8, 4) is 0 Å². The summed E-state index contributed by atoms with van der Waals surface area (Å²) in [5.74, 6) is -2.65. The number of nitrogens with zero attached hydrogens (tertiary/aromatic N) is 2. The van der Waals surface area contributed by atoms with E-state index < -0.39 is 35.5 Å². The minimum absolute atomic E-state index is 0.112. The maximum Gasteiger partial charge on any atom is 0.340 e. The van der Waals surface area contributed by atoms with Crippen LogP contribution in [0.2, 0.25) is 0 Å². The lowest BCUT2D eigenvalue weighted by molar-refractivity contribution is -0.255. The van der Waals surface area contributed by atoms with Crippen molar-refractivity contribution in [2.24, 2.45) is 0 Å². The molecule has 9 heteroatoms. The monoisotopic (exact) mass is 396 g/mol. The number of aromatic nitrogens is 3. The summed E-state index contributed by atoms with van der Waals surface area (Å²) in [5, 5.41) is 15.5. The summed E-state index contributed by atoms with van der Waals surface area (Å²) in [6.07, 6.45) is 0. The predicted molar refractivity (Wildman–Crippen MR) is 101 cm³/mol. The molecule has 0 aliphatic heterocycles. The van der Waals surface area contributed by atoms with Crippen molar-refractivity contribution in [1.29, 1.82) is 0 Å². The number of carbonyl (C=O) groups excluding carboxylic acids is 3. The minimum Gasteiger partial charge on any atom is -0.543 e. The second-order valence-electron chi connectivity index (χ2n) is 6.41. The molecule has 9 nitrogen and oxygen atoms in total. The number of carbonyl (C=O) groups is 3. The Morgan fingerprint density at radius 2 is 1.83 bits per heavy atom. The van der Waals surface area contributed by atoms with Crippen LogP contribution in [-0.2, 0) is 11.3 Å². The van der Waals surface area contributed by atoms with E-state index in [1.54, 1.807) is 32.9 Å². The lowest BCUT2D eigenvalue weighted by atomic mass is 10.1. The molecule has 0 radical (unpaired) electrons. The Balaban J connectivity index is 2.04. The van der Waals surface area contributed by atoms with Crippen molar-refractivity contribution < 1.29 is 24.2 Å². The Morgan fingerprint density at radius 1 is 1.17 bits per heavy atom. The predicted octanol–water partition coefficient (Wildman–Crippen LogP) is 0.765. The van der Waals surface area contributed by atoms with Gasteiger partial charge in [0.05, 0.1) is 29.2 Å². The minimum atomic E-state index is -1.56. The zero-order chi connectivity index (χ0) is 21.3. The van der Waals surface area contributed by atoms with Crippen molar-refractivity contribution >= 4 is 28.5 Å². The number of aromatic amines is 1. The number of hydrogen-bond donors (Lipinski definition) is 1. The van der Waals surface area contributed by atoms with Gasteiger partial charge in [-0.05, 0) is 32.4 Å². The molecule has 0 bridgehead atoms. The fourth-order valence-electron chi connectivity index (χ4n) is 3.25. The molecule has 1 N–H and O–H groups in total. The van der Waals surface area contributed by atoms with Crippen molar-refractivity contribution in [1.82, 2.24) is 14.8 Å². The van der Waals surface area contributed by atoms with Crippen LogP contribution in [-0.4, -0.2) is 39.1 Å². The molecule has 0 spiro atoms. The van der Waals surface area contributed by atoms with Gasteiger partial charge >= 0.3 is 5.97 Å². The van der Waals surface area contributed by atoms with Crippen LogP contribution in [0.15, 0.2) is 29.1 Å². The van der Waals surface area contributed by atoms with E-state index in [-0.39, 0.29) is 28.6 Å². The standard InChI is InChI=1S/C20H19N3O6/c1-4-29-20(28)15-10(2)16(21-11(15)3)14(24)9-23-18(25)13-8-6-5-7-12(13)17(22-23)19(26)27/h5-8,21H,4,9H2,1-3H3,(H,26,27)/p-1. The summed E-state index contributed by atoms with van der Waals surface area (Å²) in [7, 11) is 0. The van der Waals surface area contributed by atoms with Gasteiger partial charge in [-0.25, -0.2) is 9.48 Å². The van der Waals surface area contributed by atoms with E-state index in [1.807, 2.05) is 0 Å². The number of nitrogens with one attached hydrogen (secondary N) is 1. The van der Waals surface area contributed by atoms with Crippen LogP contribution in [0.4, 0.5) is 0 Å². The van der Waals surface area contributed by atoms with E-state index in [4.69, 9.17) is 4.74 Å². The molecule has 0 amide bonds. The first-order valence-corrected chi connectivity index (χ1v) is 8.86. The first-order valence-electron chi connectivity index (χ1n) is 8.86. The molecule has 0 fully saturated rings. The Labute approximate surface area is 164 Å². The summed E-state index contributed by atoms with van der Waals surface area (Å²) in [5.41, 5.74) is 0.190. The second kappa shape index (κ2) is 7.70. The molecular formula is C20H18N3O6-. The first kappa shape index (κ1) is 20.0. The summed E-state index contributed by atoms with van der Waals surface area (Å²) in [6.45, 7) is 4.58. The number of hydrogen-bond acceptors (Lipinski definition) is 7. The molecular weight excluding hydrogens is 378 g/mol. The molecule has 0 aliphatic carbocycles. The Morgan fingerprint density at radius 3 is 2.45 bits per heavy atom. The molecule has 0 aliphatic rings. The number of Topliss-reactive ketones (excluding diaryl/α,β-unsaturated/α-hetero) is 1. The average molecular weight is 396 g/mol. The number of carboxylic acids is 1. The third kappa shape index (κ3) is 3.54. The number of H-pyrrole nitrogens is 1. The Kier molecular flexibility index (Phi) is 5.31. The van der Waals surface area contributed by atoms with Crippen LogP contribution in [0.3, 0.4) is 0 Å². The van der Waals surface area contributed by atoms with Crippen LogP contribution in [0.25, 0.3) is 10.8 Å². The van der Waals surface area contributed by atoms with E-state index in [0.29, 0.717) is 11.3 Å². The number of benzene rings is 1. The normalized spacial score (nSPS) is 10.9. The highest BCUT2D eigenvalue weighted by molar-refractivity contribution is 6.02. The number of esters is 1. The van der Waals surface area contributed by atoms with Gasteiger partial charge in [0.25, 0.3) is 5.56 Å². The van der Waals surface area contributed by atoms with Gasteiger partial charge < -0.3 is 19.6 Å². The molecule has 2 heterocycles. The van der Waals surface area contributed by atoms with Gasteiger partial charge in [0, 0.05) is 11.1 Å². The largest absolute Gasteiger partial charge is 0.543 e. The van der Waals surface area contributed by atoms with Crippen molar-refractivity contribution in [2.75, 3.05) is 6.61 Å². The van der Waals surface area contributed by atoms with Gasteiger partial charge in [-0.1, -0.05) is 18.2 Å². The third-order valence-corrected chi connectivity index (χ3v) is 4.55. The van der Waals surface area contributed by atoms with Crippen LogP contribution in [0.5, 0.6) is 0 Å². The van der Waals surface area contributed by atoms with Gasteiger partial charge in [0.1, 0.15) is 12.2 Å². The summed E-state index contributed by atoms with van der Waals surface area (Å²) < 4.78 is 5.79. The van der Waals surface area contributed by atoms with Crippen LogP contribution in [0, 0.1) is 13.8 Å². The van der Waals surface area contributed by atoms with Gasteiger partial charge in [-0.3, -0.25) is 9.59 Å². The highest BCUT2D eigenvalue weighted by Gasteiger charge is 2.24. The highest BCUT2D eigenvalue weighted by Crippen LogP contribution is 2.20. The quantitative estimate of drug-likeness (QED) is 0.480. The fraction of sp³-hybridized carbons (Fsp3) is 0.250. The van der Waals surface area contributed by atoms with Crippen molar-refractivity contribution in [3.63, 3.8) is 0 Å². The molecule has 29 heavy (non-hydrogen) atoms. The van der Waals surface area contributed by atoms with E-state index in [0.717, 1.165) is 4.68 Å². The van der Waals surface area contributed by atoms with Crippen LogP contribution >= 0.6 is 0 Å². The SMILES string of the molecule is CCOC(=O)c1c(C)[nH]c(C(=O)Cn2nc(C(=O)[O-])c3ccccc3c2=O)c1C. The highest BCUT2D eigenvalue weighted by atomic mass is 16.5. The zero-order valence-corrected chi connectivity index (χ0v) is 16.1. The lowest BCUT2D eigenvalue weighted by Crippen LogP contribution is -2.32. The topological polar surface area (TPSA) is 134 Å². The summed E-state index contributed by atoms with van der Waals surface area (Å²) in [4.78, 5) is 51.9. The van der Waals surface area contributed by atoms with Gasteiger partial charge in [-0.2, -0.15) is 5.10 Å². The number of ether oxygens (including phenoxy) is 1. The third-order valence-electron chi connectivity index (χ3n) is 4.55. The van der Waals surface area contributed by atoms with Crippen LogP contribution < -0.4 is 10.7 Å². The number of fused-ring (bicyclic) bond motifs is 1. The lowest BCUT2D eigenvalue weighted by Gasteiger charge is -2.11. The fourth-order valence-corrected chi connectivity index (χ4v) is 3.25. The Bertz CT molecular complexity index is 1200. The maximum absolute atomic E-state index is 12.8. The number of rotatable bonds is 6. The molecule has 3 rings (SSSR count). The smallest absolute Gasteiger partial charge is 0.340 e. The van der Waals surface area contributed by atoms with Crippen molar-refractivity contribution in [2.45, 2.75) is 27.3 Å². The van der Waals surface area contributed by atoms with Gasteiger partial charge in [0.2, 0.25) is 5.78 Å². The van der Waals surface area contributed by atoms with E-state index in [1.165, 1.54) is 12.1 Å². The van der Waals surface area contributed by atoms with Gasteiger partial charge in [0.15, 0.2) is 0 Å². The van der Waals surface area contributed by atoms with Crippen LogP contribution in [0.1, 0.15) is 49.5 Å². The molecule has 0 saturated carbocycles. The second-order valence-corrected chi connectivity index (χ2v) is 6.41. The van der Waals surface area contributed by atoms with E-state index >= 15 is 0 Å². The zero-order valence-electron chi connectivity index (χ0n) is 16.1. The number of ketones is 1. The summed E-state index contributed by atoms with van der Waals surface area (Å²) >= 11 is 0. The van der Waals surface area contributed by atoms with E-state index in [2.05, 4.69) is 10.1 Å². The Hall–Kier alpha value is -3.75. The molecule has 1 aromatic carbocycles. The summed E-state index contributed by atoms with van der Waals surface area (Å²) in [6, 6.07) is 6.06. The van der Waals surface area contributed by atoms with Gasteiger partial charge in [-0.15, -0.1) is 0 Å². The first-order chi connectivity index (χ1) is 13.8. The maximum atomic E-state index is 12.8. The molecule has 150 valence electrons. The number of aryl methyl sites for hydroxylation is 1. The number of carboxylic acid groups (broad SMARTS) is 1. The van der Waals surface area contributed by atoms with E-state index in [9.17, 15) is 24.3 Å². The molecule has 0 atom stereocenters. The van der Waals surface area contributed by atoms with Crippen molar-refractivity contribution in [3.05, 3.63) is 62.8 Å². The average Bonchev–Trinajstić information content (AvgIpc) is 2.98. The number of aromatic carboxylic acids is 1. The molecule has 3 aromatic rings. The molecule has 2 aromatic heterocycles. The molecule has 0 saturated heterocycles. The molecule has 0 unspecified atom stereocenters.